The van der Waals surface area contributed by atoms with Crippen LogP contribution in [0.5, 0.6) is 0 Å². The van der Waals surface area contributed by atoms with Crippen LogP contribution in [0, 0.1) is 6.92 Å². The fraction of sp³-hybridized carbons (Fsp3) is 0.250. The van der Waals surface area contributed by atoms with Crippen LogP contribution in [-0.2, 0) is 0 Å². The minimum atomic E-state index is 0.622. The van der Waals surface area contributed by atoms with Crippen molar-refractivity contribution in [3.8, 4) is 0 Å². The van der Waals surface area contributed by atoms with E-state index in [0.717, 1.165) is 43.4 Å². The Kier molecular flexibility index (Phi) is 5.57. The van der Waals surface area contributed by atoms with E-state index in [2.05, 4.69) is 40.5 Å². The van der Waals surface area contributed by atoms with Crippen LogP contribution < -0.4 is 21.3 Å². The molecule has 0 aliphatic carbocycles. The summed E-state index contributed by atoms with van der Waals surface area (Å²) in [6.07, 6.45) is 8.72. The summed E-state index contributed by atoms with van der Waals surface area (Å²) < 4.78 is 0. The molecule has 1 aliphatic heterocycles. The maximum atomic E-state index is 5.64. The van der Waals surface area contributed by atoms with Gasteiger partial charge >= 0.3 is 0 Å². The van der Waals surface area contributed by atoms with E-state index < -0.39 is 0 Å². The zero-order valence-corrected chi connectivity index (χ0v) is 16.2. The summed E-state index contributed by atoms with van der Waals surface area (Å²) in [4.78, 5) is 24.3. The van der Waals surface area contributed by atoms with Crippen LogP contribution in [-0.4, -0.2) is 51.1 Å². The summed E-state index contributed by atoms with van der Waals surface area (Å²) in [5, 5.41) is 6.56. The van der Waals surface area contributed by atoms with E-state index in [1.165, 1.54) is 0 Å². The normalized spacial score (nSPS) is 14.3. The number of rotatable bonds is 5. The van der Waals surface area contributed by atoms with E-state index in [1.54, 1.807) is 18.6 Å². The predicted octanol–water partition coefficient (Wildman–Crippen LogP) is 1.88. The molecule has 4 N–H and O–H groups in total. The van der Waals surface area contributed by atoms with Crippen molar-refractivity contribution in [1.82, 2.24) is 30.2 Å². The van der Waals surface area contributed by atoms with E-state index in [-0.39, 0.29) is 0 Å². The molecule has 1 saturated heterocycles. The maximum Gasteiger partial charge on any atom is 0.150 e. The molecular formula is C20H23N9. The molecule has 0 atom stereocenters. The monoisotopic (exact) mass is 389 g/mol. The summed E-state index contributed by atoms with van der Waals surface area (Å²) in [6.45, 7) is 5.66. The lowest BCUT2D eigenvalue weighted by molar-refractivity contribution is 0.584. The van der Waals surface area contributed by atoms with E-state index in [1.807, 2.05) is 37.3 Å². The second-order valence-electron chi connectivity index (χ2n) is 6.70. The standard InChI is InChI=1S/C20H23N9/c1-14-26-18(10-20(27-14)29-8-6-22-7-9-29)28-19-13-24-17(12-25-19)5-4-16-3-2-15(21)11-23-16/h2-5,10-13,22H,6-9,21H2,1H3,(H,25,26,27,28)/b5-4+. The van der Waals surface area contributed by atoms with Crippen LogP contribution in [0.15, 0.2) is 36.8 Å². The molecule has 9 nitrogen and oxygen atoms in total. The topological polar surface area (TPSA) is 118 Å². The first-order valence-electron chi connectivity index (χ1n) is 9.46. The molecule has 0 aromatic carbocycles. The average molecular weight is 389 g/mol. The zero-order chi connectivity index (χ0) is 20.1. The van der Waals surface area contributed by atoms with Gasteiger partial charge in [-0.25, -0.2) is 15.0 Å². The molecule has 0 unspecified atom stereocenters. The molecule has 0 bridgehead atoms. The Bertz CT molecular complexity index is 978. The molecule has 4 rings (SSSR count). The minimum Gasteiger partial charge on any atom is -0.397 e. The highest BCUT2D eigenvalue weighted by molar-refractivity contribution is 5.66. The van der Waals surface area contributed by atoms with Crippen LogP contribution >= 0.6 is 0 Å². The molecule has 0 saturated carbocycles. The molecule has 3 aromatic heterocycles. The molecule has 0 spiro atoms. The Morgan fingerprint density at radius 3 is 2.48 bits per heavy atom. The molecule has 4 heterocycles. The third kappa shape index (κ3) is 5.02. The number of hydrogen-bond acceptors (Lipinski definition) is 9. The number of piperazine rings is 1. The Labute approximate surface area is 169 Å². The zero-order valence-electron chi connectivity index (χ0n) is 16.2. The third-order valence-electron chi connectivity index (χ3n) is 4.43. The summed E-state index contributed by atoms with van der Waals surface area (Å²) in [5.41, 5.74) is 7.82. The van der Waals surface area contributed by atoms with Gasteiger partial charge < -0.3 is 21.3 Å². The molecule has 3 aromatic rings. The SMILES string of the molecule is Cc1nc(Nc2cnc(/C=C/c3ccc(N)cn3)cn2)cc(N2CCNCC2)n1. The third-order valence-corrected chi connectivity index (χ3v) is 4.43. The number of aromatic nitrogens is 5. The van der Waals surface area contributed by atoms with E-state index >= 15 is 0 Å². The average Bonchev–Trinajstić information content (AvgIpc) is 2.75. The second-order valence-corrected chi connectivity index (χ2v) is 6.70. The number of pyridine rings is 1. The Morgan fingerprint density at radius 2 is 1.76 bits per heavy atom. The minimum absolute atomic E-state index is 0.622. The molecule has 148 valence electrons. The van der Waals surface area contributed by atoms with Gasteiger partial charge in [-0.2, -0.15) is 0 Å². The number of nitrogens with zero attached hydrogens (tertiary/aromatic N) is 6. The van der Waals surface area contributed by atoms with Crippen LogP contribution in [0.25, 0.3) is 12.2 Å². The van der Waals surface area contributed by atoms with Gasteiger partial charge in [0, 0.05) is 32.2 Å². The fourth-order valence-electron chi connectivity index (χ4n) is 2.98. The number of hydrogen-bond donors (Lipinski definition) is 3. The quantitative estimate of drug-likeness (QED) is 0.601. The van der Waals surface area contributed by atoms with Crippen molar-refractivity contribution in [3.63, 3.8) is 0 Å². The van der Waals surface area contributed by atoms with Crippen molar-refractivity contribution in [2.24, 2.45) is 0 Å². The Balaban J connectivity index is 1.44. The van der Waals surface area contributed by atoms with Gasteiger partial charge in [0.15, 0.2) is 0 Å². The van der Waals surface area contributed by atoms with Gasteiger partial charge in [-0.3, -0.25) is 9.97 Å². The number of nitrogens with two attached hydrogens (primary N) is 1. The number of nitrogen functional groups attached to an aromatic ring is 1. The Hall–Kier alpha value is -3.59. The number of aryl methyl sites for hydroxylation is 1. The molecule has 0 radical (unpaired) electrons. The van der Waals surface area contributed by atoms with Crippen LogP contribution in [0.4, 0.5) is 23.1 Å². The van der Waals surface area contributed by atoms with Crippen molar-refractivity contribution in [2.45, 2.75) is 6.92 Å². The maximum absolute atomic E-state index is 5.64. The van der Waals surface area contributed by atoms with Crippen molar-refractivity contribution < 1.29 is 0 Å². The molecule has 1 fully saturated rings. The summed E-state index contributed by atoms with van der Waals surface area (Å²) in [6, 6.07) is 5.60. The number of nitrogens with one attached hydrogen (secondary N) is 2. The smallest absolute Gasteiger partial charge is 0.150 e. The van der Waals surface area contributed by atoms with Crippen LogP contribution in [0.1, 0.15) is 17.2 Å². The fourth-order valence-corrected chi connectivity index (χ4v) is 2.98. The first kappa shape index (κ1) is 18.8. The van der Waals surface area contributed by atoms with Crippen molar-refractivity contribution in [2.75, 3.05) is 42.1 Å². The van der Waals surface area contributed by atoms with E-state index in [0.29, 0.717) is 23.1 Å². The largest absolute Gasteiger partial charge is 0.397 e. The van der Waals surface area contributed by atoms with Crippen LogP contribution in [0.2, 0.25) is 0 Å². The number of anilines is 4. The highest BCUT2D eigenvalue weighted by atomic mass is 15.2. The molecule has 29 heavy (non-hydrogen) atoms. The van der Waals surface area contributed by atoms with E-state index in [4.69, 9.17) is 5.73 Å². The highest BCUT2D eigenvalue weighted by Crippen LogP contribution is 2.19. The molecule has 0 amide bonds. The summed E-state index contributed by atoms with van der Waals surface area (Å²) in [5.74, 6) is 2.96. The Morgan fingerprint density at radius 1 is 0.966 bits per heavy atom. The second kappa shape index (κ2) is 8.61. The first-order valence-corrected chi connectivity index (χ1v) is 9.46. The van der Waals surface area contributed by atoms with Gasteiger partial charge in [-0.15, -0.1) is 0 Å². The van der Waals surface area contributed by atoms with Crippen LogP contribution in [0.3, 0.4) is 0 Å². The first-order chi connectivity index (χ1) is 14.2. The lowest BCUT2D eigenvalue weighted by Gasteiger charge is -2.28. The lowest BCUT2D eigenvalue weighted by atomic mass is 10.3. The molecule has 9 heteroatoms. The molecule has 1 aliphatic rings. The van der Waals surface area contributed by atoms with Crippen molar-refractivity contribution in [3.05, 3.63) is 54.0 Å². The van der Waals surface area contributed by atoms with Gasteiger partial charge in [-0.1, -0.05) is 0 Å². The predicted molar refractivity (Wildman–Crippen MR) is 115 cm³/mol. The van der Waals surface area contributed by atoms with Gasteiger partial charge in [-0.05, 0) is 31.2 Å². The van der Waals surface area contributed by atoms with Gasteiger partial charge in [0.1, 0.15) is 23.3 Å². The van der Waals surface area contributed by atoms with Gasteiger partial charge in [0.05, 0.1) is 35.7 Å². The molecular weight excluding hydrogens is 366 g/mol. The summed E-state index contributed by atoms with van der Waals surface area (Å²) in [7, 11) is 0. The van der Waals surface area contributed by atoms with Gasteiger partial charge in [0.2, 0.25) is 0 Å². The van der Waals surface area contributed by atoms with Crippen molar-refractivity contribution in [1.29, 1.82) is 0 Å². The van der Waals surface area contributed by atoms with E-state index in [9.17, 15) is 0 Å². The van der Waals surface area contributed by atoms with Crippen molar-refractivity contribution >= 4 is 35.3 Å². The summed E-state index contributed by atoms with van der Waals surface area (Å²) >= 11 is 0. The van der Waals surface area contributed by atoms with Gasteiger partial charge in [0.25, 0.3) is 0 Å². The lowest BCUT2D eigenvalue weighted by Crippen LogP contribution is -2.44. The highest BCUT2D eigenvalue weighted by Gasteiger charge is 2.13.